The molecule has 2 aromatic rings. The zero-order chi connectivity index (χ0) is 20.0. The Morgan fingerprint density at radius 2 is 2.10 bits per heavy atom. The van der Waals surface area contributed by atoms with E-state index < -0.39 is 0 Å². The molecule has 3 heterocycles. The Labute approximate surface area is 172 Å². The molecular weight excluding hydrogens is 360 g/mol. The maximum Gasteiger partial charge on any atom is 0.222 e. The Balaban J connectivity index is 1.38. The van der Waals surface area contributed by atoms with E-state index in [0.29, 0.717) is 23.7 Å². The number of pyridine rings is 1. The number of aliphatic imine (C=N–C) groups is 1. The van der Waals surface area contributed by atoms with Gasteiger partial charge in [-0.2, -0.15) is 0 Å². The van der Waals surface area contributed by atoms with Gasteiger partial charge in [-0.15, -0.1) is 0 Å². The van der Waals surface area contributed by atoms with Crippen LogP contribution >= 0.6 is 0 Å². The number of nitrogens with one attached hydrogen (secondary N) is 1. The van der Waals surface area contributed by atoms with E-state index >= 15 is 0 Å². The van der Waals surface area contributed by atoms with Gasteiger partial charge in [-0.1, -0.05) is 25.1 Å². The molecule has 1 aromatic carbocycles. The molecule has 5 nitrogen and oxygen atoms in total. The second-order valence-electron chi connectivity index (χ2n) is 9.22. The van der Waals surface area contributed by atoms with Gasteiger partial charge in [0.15, 0.2) is 0 Å². The van der Waals surface area contributed by atoms with Crippen molar-refractivity contribution < 1.29 is 4.79 Å². The van der Waals surface area contributed by atoms with E-state index in [1.54, 1.807) is 7.05 Å². The van der Waals surface area contributed by atoms with Crippen molar-refractivity contribution in [1.82, 2.24) is 15.2 Å². The van der Waals surface area contributed by atoms with Gasteiger partial charge in [-0.3, -0.25) is 14.8 Å². The minimum atomic E-state index is 0.359. The van der Waals surface area contributed by atoms with E-state index in [2.05, 4.69) is 45.3 Å². The first-order valence-corrected chi connectivity index (χ1v) is 10.9. The minimum absolute atomic E-state index is 0.359. The lowest BCUT2D eigenvalue weighted by Gasteiger charge is -2.37. The van der Waals surface area contributed by atoms with E-state index in [4.69, 9.17) is 0 Å². The number of hydrogen-bond donors (Lipinski definition) is 1. The number of likely N-dealkylation sites (tertiary alicyclic amines) is 1. The number of aromatic nitrogens is 1. The normalized spacial score (nSPS) is 31.4. The SMILES string of the molecule is C/N=C/c1ccc([C@H]2C[C@@H](C)CN(C(=O)C[C@H]3[C@@H]4CNC[C@@H]43)C2)c2cccnc12. The van der Waals surface area contributed by atoms with Crippen LogP contribution < -0.4 is 5.32 Å². The Morgan fingerprint density at radius 1 is 1.28 bits per heavy atom. The monoisotopic (exact) mass is 390 g/mol. The maximum absolute atomic E-state index is 13.1. The van der Waals surface area contributed by atoms with Gasteiger partial charge in [-0.05, 0) is 54.8 Å². The van der Waals surface area contributed by atoms with Gasteiger partial charge in [0, 0.05) is 55.8 Å². The summed E-state index contributed by atoms with van der Waals surface area (Å²) in [4.78, 5) is 24.0. The number of carbonyl (C=O) groups is 1. The number of amides is 1. The number of carbonyl (C=O) groups excluding carboxylic acids is 1. The molecule has 0 spiro atoms. The molecule has 1 aromatic heterocycles. The highest BCUT2D eigenvalue weighted by Gasteiger charge is 2.53. The van der Waals surface area contributed by atoms with Gasteiger partial charge >= 0.3 is 0 Å². The van der Waals surface area contributed by atoms with Crippen molar-refractivity contribution in [2.24, 2.45) is 28.7 Å². The standard InChI is InChI=1S/C24H30N4O/c1-15-8-17(14-28(13-15)23(29)9-20-21-11-26-12-22(20)21)18-6-5-16(10-25-2)24-19(18)4-3-7-27-24/h3-7,10,15,17,20-22,26H,8-9,11-14H2,1-2H3/b25-10+/t15-,17+,20-,21-,22+/m1/s1. The number of hydrogen-bond acceptors (Lipinski definition) is 4. The van der Waals surface area contributed by atoms with E-state index in [0.717, 1.165) is 61.9 Å². The summed E-state index contributed by atoms with van der Waals surface area (Å²) in [6.07, 6.45) is 5.58. The number of piperidine rings is 2. The highest BCUT2D eigenvalue weighted by Crippen LogP contribution is 2.51. The molecule has 2 aliphatic heterocycles. The average Bonchev–Trinajstić information content (AvgIpc) is 3.14. The topological polar surface area (TPSA) is 57.6 Å². The fourth-order valence-electron chi connectivity index (χ4n) is 5.78. The molecule has 1 aliphatic carbocycles. The third-order valence-corrected chi connectivity index (χ3v) is 7.23. The number of fused-ring (bicyclic) bond motifs is 2. The van der Waals surface area contributed by atoms with Crippen molar-refractivity contribution in [1.29, 1.82) is 0 Å². The van der Waals surface area contributed by atoms with Crippen LogP contribution in [-0.2, 0) is 4.79 Å². The molecule has 29 heavy (non-hydrogen) atoms. The molecule has 1 saturated carbocycles. The van der Waals surface area contributed by atoms with Crippen LogP contribution in [0.2, 0.25) is 0 Å². The second-order valence-corrected chi connectivity index (χ2v) is 9.22. The first-order valence-electron chi connectivity index (χ1n) is 10.9. The fraction of sp³-hybridized carbons (Fsp3) is 0.542. The largest absolute Gasteiger partial charge is 0.342 e. The molecule has 3 fully saturated rings. The third kappa shape index (κ3) is 3.46. The minimum Gasteiger partial charge on any atom is -0.342 e. The summed E-state index contributed by atoms with van der Waals surface area (Å²) in [6.45, 7) is 6.21. The van der Waals surface area contributed by atoms with Crippen LogP contribution in [0.4, 0.5) is 0 Å². The van der Waals surface area contributed by atoms with Crippen molar-refractivity contribution in [3.05, 3.63) is 41.6 Å². The molecule has 3 aliphatic rings. The summed E-state index contributed by atoms with van der Waals surface area (Å²) in [7, 11) is 1.79. The zero-order valence-corrected chi connectivity index (χ0v) is 17.3. The van der Waals surface area contributed by atoms with Gasteiger partial charge in [0.2, 0.25) is 5.91 Å². The van der Waals surface area contributed by atoms with E-state index in [9.17, 15) is 4.79 Å². The van der Waals surface area contributed by atoms with Gasteiger partial charge < -0.3 is 10.2 Å². The Morgan fingerprint density at radius 3 is 2.90 bits per heavy atom. The summed E-state index contributed by atoms with van der Waals surface area (Å²) in [5.74, 6) is 3.36. The molecule has 0 radical (unpaired) electrons. The molecule has 5 atom stereocenters. The molecule has 0 bridgehead atoms. The lowest BCUT2D eigenvalue weighted by Crippen LogP contribution is -2.43. The average molecular weight is 391 g/mol. The molecule has 1 N–H and O–H groups in total. The number of rotatable bonds is 4. The molecule has 5 heteroatoms. The van der Waals surface area contributed by atoms with Crippen molar-refractivity contribution in [3.8, 4) is 0 Å². The highest BCUT2D eigenvalue weighted by atomic mass is 16.2. The van der Waals surface area contributed by atoms with Crippen LogP contribution in [0.25, 0.3) is 10.9 Å². The maximum atomic E-state index is 13.1. The van der Waals surface area contributed by atoms with Crippen LogP contribution in [0.15, 0.2) is 35.5 Å². The predicted octanol–water partition coefficient (Wildman–Crippen LogP) is 3.09. The lowest BCUT2D eigenvalue weighted by atomic mass is 9.83. The predicted molar refractivity (Wildman–Crippen MR) is 116 cm³/mol. The van der Waals surface area contributed by atoms with Crippen molar-refractivity contribution in [3.63, 3.8) is 0 Å². The molecule has 1 amide bonds. The van der Waals surface area contributed by atoms with Crippen LogP contribution in [0.5, 0.6) is 0 Å². The third-order valence-electron chi connectivity index (χ3n) is 7.23. The molecule has 5 rings (SSSR count). The van der Waals surface area contributed by atoms with Gasteiger partial charge in [-0.25, -0.2) is 0 Å². The summed E-state index contributed by atoms with van der Waals surface area (Å²) in [5, 5.41) is 4.62. The Bertz CT molecular complexity index is 945. The van der Waals surface area contributed by atoms with E-state index in [-0.39, 0.29) is 0 Å². The van der Waals surface area contributed by atoms with Crippen LogP contribution in [0, 0.1) is 23.7 Å². The van der Waals surface area contributed by atoms with E-state index in [1.807, 2.05) is 18.5 Å². The fourth-order valence-corrected chi connectivity index (χ4v) is 5.78. The second kappa shape index (κ2) is 7.52. The summed E-state index contributed by atoms with van der Waals surface area (Å²) < 4.78 is 0. The van der Waals surface area contributed by atoms with Crippen LogP contribution in [0.1, 0.15) is 36.8 Å². The smallest absolute Gasteiger partial charge is 0.222 e. The number of benzene rings is 1. The van der Waals surface area contributed by atoms with Gasteiger partial charge in [0.05, 0.1) is 5.52 Å². The van der Waals surface area contributed by atoms with Gasteiger partial charge in [0.25, 0.3) is 0 Å². The van der Waals surface area contributed by atoms with Crippen molar-refractivity contribution >= 4 is 23.0 Å². The van der Waals surface area contributed by atoms with Crippen LogP contribution in [0.3, 0.4) is 0 Å². The summed E-state index contributed by atoms with van der Waals surface area (Å²) in [6, 6.07) is 8.52. The zero-order valence-electron chi connectivity index (χ0n) is 17.3. The van der Waals surface area contributed by atoms with Crippen molar-refractivity contribution in [2.75, 3.05) is 33.2 Å². The number of nitrogens with zero attached hydrogens (tertiary/aromatic N) is 3. The highest BCUT2D eigenvalue weighted by molar-refractivity contribution is 5.99. The first kappa shape index (κ1) is 18.7. The summed E-state index contributed by atoms with van der Waals surface area (Å²) in [5.41, 5.74) is 3.38. The Hall–Kier alpha value is -2.27. The molecular formula is C24H30N4O. The molecule has 2 saturated heterocycles. The van der Waals surface area contributed by atoms with Crippen LogP contribution in [-0.4, -0.2) is 55.2 Å². The lowest BCUT2D eigenvalue weighted by molar-refractivity contribution is -0.133. The first-order chi connectivity index (χ1) is 14.2. The summed E-state index contributed by atoms with van der Waals surface area (Å²) >= 11 is 0. The molecule has 152 valence electrons. The molecule has 0 unspecified atom stereocenters. The van der Waals surface area contributed by atoms with Crippen molar-refractivity contribution in [2.45, 2.75) is 25.7 Å². The Kier molecular flexibility index (Phi) is 4.86. The quantitative estimate of drug-likeness (QED) is 0.816. The van der Waals surface area contributed by atoms with E-state index in [1.165, 1.54) is 10.9 Å². The van der Waals surface area contributed by atoms with Gasteiger partial charge in [0.1, 0.15) is 0 Å².